The first-order valence-electron chi connectivity index (χ1n) is 16.2. The quantitative estimate of drug-likeness (QED) is 0.155. The Morgan fingerprint density at radius 1 is 0.958 bits per heavy atom. The standard InChI is InChI=1S/C40H41NO6S/c1-25-35(38(39(42)43)47-40(3,4)5)34(30-20-21-32-29(23-30)17-12-22-45-32)26(2)37(46-24-27-13-7-6-8-14-27)36(25)41-48(44)33-19-11-16-28-15-9-10-18-31(28)33/h6-11,13-16,18-21,23,38,41H,12,17,22,24H2,1-5H3,(H,42,43). The van der Waals surface area contributed by atoms with Gasteiger partial charge in [-0.05, 0) is 104 Å². The molecule has 5 aromatic rings. The minimum Gasteiger partial charge on any atom is -0.493 e. The summed E-state index contributed by atoms with van der Waals surface area (Å²) in [6.45, 7) is 10.2. The summed E-state index contributed by atoms with van der Waals surface area (Å²) in [7, 11) is -1.72. The second kappa shape index (κ2) is 13.8. The highest BCUT2D eigenvalue weighted by Crippen LogP contribution is 2.48. The molecule has 7 nitrogen and oxygen atoms in total. The zero-order chi connectivity index (χ0) is 34.0. The molecule has 48 heavy (non-hydrogen) atoms. The predicted octanol–water partition coefficient (Wildman–Crippen LogP) is 9.10. The Morgan fingerprint density at radius 2 is 1.69 bits per heavy atom. The molecule has 0 fully saturated rings. The van der Waals surface area contributed by atoms with Gasteiger partial charge in [-0.3, -0.25) is 4.72 Å². The maximum atomic E-state index is 14.3. The summed E-state index contributed by atoms with van der Waals surface area (Å²) in [5.41, 5.74) is 5.04. The molecule has 2 unspecified atom stereocenters. The van der Waals surface area contributed by atoms with Crippen LogP contribution in [0.4, 0.5) is 5.69 Å². The molecule has 1 aliphatic rings. The van der Waals surface area contributed by atoms with Gasteiger partial charge in [-0.2, -0.15) is 0 Å². The van der Waals surface area contributed by atoms with E-state index in [1.165, 1.54) is 0 Å². The second-order valence-electron chi connectivity index (χ2n) is 13.1. The molecule has 2 N–H and O–H groups in total. The van der Waals surface area contributed by atoms with Gasteiger partial charge in [0.25, 0.3) is 0 Å². The van der Waals surface area contributed by atoms with Gasteiger partial charge in [-0.15, -0.1) is 0 Å². The van der Waals surface area contributed by atoms with E-state index in [2.05, 4.69) is 10.8 Å². The van der Waals surface area contributed by atoms with Crippen molar-refractivity contribution in [3.63, 3.8) is 0 Å². The van der Waals surface area contributed by atoms with Gasteiger partial charge in [0, 0.05) is 11.1 Å². The Hall–Kier alpha value is -4.66. The Bertz CT molecular complexity index is 1990. The van der Waals surface area contributed by atoms with Crippen LogP contribution in [0.1, 0.15) is 61.1 Å². The van der Waals surface area contributed by atoms with Crippen molar-refractivity contribution in [1.29, 1.82) is 0 Å². The first-order valence-corrected chi connectivity index (χ1v) is 17.3. The molecule has 0 aliphatic carbocycles. The minimum atomic E-state index is -1.72. The van der Waals surface area contributed by atoms with E-state index in [4.69, 9.17) is 14.2 Å². The number of hydrogen-bond acceptors (Lipinski definition) is 5. The average Bonchev–Trinajstić information content (AvgIpc) is 3.08. The molecule has 1 aliphatic heterocycles. The molecule has 5 aromatic carbocycles. The highest BCUT2D eigenvalue weighted by Gasteiger charge is 2.35. The Kier molecular flexibility index (Phi) is 9.58. The van der Waals surface area contributed by atoms with Crippen LogP contribution in [0.5, 0.6) is 11.5 Å². The molecule has 0 aromatic heterocycles. The summed E-state index contributed by atoms with van der Waals surface area (Å²) in [5, 5.41) is 12.5. The van der Waals surface area contributed by atoms with Gasteiger partial charge in [0.2, 0.25) is 0 Å². The summed E-state index contributed by atoms with van der Waals surface area (Å²) >= 11 is 0. The van der Waals surface area contributed by atoms with E-state index in [-0.39, 0.29) is 6.61 Å². The number of nitrogens with one attached hydrogen (secondary N) is 1. The smallest absolute Gasteiger partial charge is 0.337 e. The molecule has 0 radical (unpaired) electrons. The van der Waals surface area contributed by atoms with E-state index in [0.29, 0.717) is 45.2 Å². The number of fused-ring (bicyclic) bond motifs is 2. The molecular weight excluding hydrogens is 623 g/mol. The number of carbonyl (C=O) groups is 1. The molecule has 0 saturated heterocycles. The fourth-order valence-electron chi connectivity index (χ4n) is 6.34. The predicted molar refractivity (Wildman–Crippen MR) is 191 cm³/mol. The van der Waals surface area contributed by atoms with Gasteiger partial charge in [-0.25, -0.2) is 9.00 Å². The van der Waals surface area contributed by atoms with Crippen molar-refractivity contribution >= 4 is 33.4 Å². The van der Waals surface area contributed by atoms with E-state index < -0.39 is 28.7 Å². The molecule has 0 spiro atoms. The number of hydrogen-bond donors (Lipinski definition) is 2. The van der Waals surface area contributed by atoms with Gasteiger partial charge in [0.15, 0.2) is 17.1 Å². The lowest BCUT2D eigenvalue weighted by molar-refractivity contribution is -0.160. The SMILES string of the molecule is Cc1c(OCc2ccccc2)c(NS(=O)c2cccc3ccccc23)c(C)c(C(OC(C)(C)C)C(=O)O)c1-c1ccc2c(c1)CCCO2. The van der Waals surface area contributed by atoms with Crippen LogP contribution < -0.4 is 14.2 Å². The first kappa shape index (κ1) is 33.2. The zero-order valence-electron chi connectivity index (χ0n) is 28.0. The maximum Gasteiger partial charge on any atom is 0.337 e. The number of aliphatic carboxylic acids is 1. The lowest BCUT2D eigenvalue weighted by atomic mass is 9.85. The highest BCUT2D eigenvalue weighted by molar-refractivity contribution is 7.86. The van der Waals surface area contributed by atoms with Gasteiger partial charge in [0.1, 0.15) is 18.1 Å². The van der Waals surface area contributed by atoms with Gasteiger partial charge in [0.05, 0.1) is 22.8 Å². The topological polar surface area (TPSA) is 94.1 Å². The molecule has 0 amide bonds. The minimum absolute atomic E-state index is 0.258. The van der Waals surface area contributed by atoms with Crippen molar-refractivity contribution in [3.8, 4) is 22.6 Å². The third-order valence-electron chi connectivity index (χ3n) is 8.52. The first-order chi connectivity index (χ1) is 23.0. The molecular formula is C40H41NO6S. The van der Waals surface area contributed by atoms with E-state index in [1.807, 2.05) is 120 Å². The van der Waals surface area contributed by atoms with Crippen LogP contribution >= 0.6 is 0 Å². The molecule has 8 heteroatoms. The largest absolute Gasteiger partial charge is 0.493 e. The molecule has 1 heterocycles. The average molecular weight is 664 g/mol. The normalized spacial score (nSPS) is 14.1. The van der Waals surface area contributed by atoms with Crippen LogP contribution in [0.25, 0.3) is 21.9 Å². The van der Waals surface area contributed by atoms with Crippen LogP contribution in [0.15, 0.2) is 95.9 Å². The van der Waals surface area contributed by atoms with Crippen molar-refractivity contribution in [3.05, 3.63) is 119 Å². The summed E-state index contributed by atoms with van der Waals surface area (Å²) < 4.78 is 36.4. The zero-order valence-corrected chi connectivity index (χ0v) is 28.8. The van der Waals surface area contributed by atoms with Crippen LogP contribution in [-0.4, -0.2) is 27.5 Å². The Morgan fingerprint density at radius 3 is 2.44 bits per heavy atom. The lowest BCUT2D eigenvalue weighted by Gasteiger charge is -2.31. The summed E-state index contributed by atoms with van der Waals surface area (Å²) in [5.74, 6) is 0.220. The number of anilines is 1. The van der Waals surface area contributed by atoms with Crippen LogP contribution in [0, 0.1) is 13.8 Å². The monoisotopic (exact) mass is 663 g/mol. The van der Waals surface area contributed by atoms with E-state index in [9.17, 15) is 14.1 Å². The molecule has 248 valence electrons. The van der Waals surface area contributed by atoms with Crippen molar-refractivity contribution in [2.45, 2.75) is 70.7 Å². The number of benzene rings is 5. The molecule has 2 atom stereocenters. The van der Waals surface area contributed by atoms with E-state index in [0.717, 1.165) is 46.1 Å². The molecule has 0 bridgehead atoms. The van der Waals surface area contributed by atoms with Crippen LogP contribution in [0.3, 0.4) is 0 Å². The van der Waals surface area contributed by atoms with E-state index in [1.54, 1.807) is 0 Å². The lowest BCUT2D eigenvalue weighted by Crippen LogP contribution is -2.29. The Labute approximate surface area is 284 Å². The third kappa shape index (κ3) is 6.96. The van der Waals surface area contributed by atoms with Crippen LogP contribution in [0.2, 0.25) is 0 Å². The van der Waals surface area contributed by atoms with Crippen LogP contribution in [-0.2, 0) is 33.5 Å². The maximum absolute atomic E-state index is 14.3. The summed E-state index contributed by atoms with van der Waals surface area (Å²) in [6.07, 6.45) is 0.444. The van der Waals surface area contributed by atoms with Crippen molar-refractivity contribution in [2.24, 2.45) is 0 Å². The molecule has 0 saturated carbocycles. The number of carboxylic acids is 1. The number of ether oxygens (including phenoxy) is 3. The van der Waals surface area contributed by atoms with Crippen molar-refractivity contribution in [1.82, 2.24) is 0 Å². The van der Waals surface area contributed by atoms with Gasteiger partial charge >= 0.3 is 5.97 Å². The fraction of sp³-hybridized carbons (Fsp3) is 0.275. The second-order valence-corrected chi connectivity index (χ2v) is 14.3. The Balaban J connectivity index is 1.59. The van der Waals surface area contributed by atoms with Crippen molar-refractivity contribution in [2.75, 3.05) is 11.3 Å². The fourth-order valence-corrected chi connectivity index (χ4v) is 7.46. The number of rotatable bonds is 10. The van der Waals surface area contributed by atoms with E-state index >= 15 is 0 Å². The number of aryl methyl sites for hydroxylation is 1. The van der Waals surface area contributed by atoms with Crippen molar-refractivity contribution < 1.29 is 28.3 Å². The third-order valence-corrected chi connectivity index (χ3v) is 9.66. The summed E-state index contributed by atoms with van der Waals surface area (Å²) in [4.78, 5) is 13.7. The number of carboxylic acid groups (broad SMARTS) is 1. The highest BCUT2D eigenvalue weighted by atomic mass is 32.2. The van der Waals surface area contributed by atoms with Gasteiger partial charge in [-0.1, -0.05) is 72.8 Å². The summed E-state index contributed by atoms with van der Waals surface area (Å²) in [6, 6.07) is 29.3. The van der Waals surface area contributed by atoms with Gasteiger partial charge < -0.3 is 19.3 Å². The molecule has 6 rings (SSSR count).